The summed E-state index contributed by atoms with van der Waals surface area (Å²) in [6.07, 6.45) is 1.45. The van der Waals surface area contributed by atoms with Gasteiger partial charge in [-0.25, -0.2) is 17.9 Å². The molecule has 0 bridgehead atoms. The van der Waals surface area contributed by atoms with Gasteiger partial charge in [-0.15, -0.1) is 0 Å². The second kappa shape index (κ2) is 4.46. The zero-order chi connectivity index (χ0) is 13.3. The molecular weight excluding hydrogens is 246 g/mol. The second-order valence-electron chi connectivity index (χ2n) is 4.31. The number of hydrogen-bond donors (Lipinski definition) is 1. The first-order chi connectivity index (χ1) is 7.65. The Bertz CT molecular complexity index is 513. The van der Waals surface area contributed by atoms with Crippen molar-refractivity contribution in [1.29, 1.82) is 0 Å². The highest BCUT2D eigenvalue weighted by Crippen LogP contribution is 2.11. The highest BCUT2D eigenvalue weighted by atomic mass is 32.2. The predicted octanol–water partition coefficient (Wildman–Crippen LogP) is 0.574. The Balaban J connectivity index is 2.93. The average molecular weight is 261 g/mol. The van der Waals surface area contributed by atoms with E-state index in [4.69, 9.17) is 4.74 Å². The van der Waals surface area contributed by atoms with E-state index in [-0.39, 0.29) is 4.90 Å². The zero-order valence-corrected chi connectivity index (χ0v) is 10.9. The molecule has 0 atom stereocenters. The fourth-order valence-electron chi connectivity index (χ4n) is 0.971. The minimum atomic E-state index is -3.60. The van der Waals surface area contributed by atoms with Crippen LogP contribution in [0.2, 0.25) is 0 Å². The van der Waals surface area contributed by atoms with Crippen molar-refractivity contribution in [3.05, 3.63) is 12.4 Å². The molecule has 0 aliphatic rings. The van der Waals surface area contributed by atoms with Crippen LogP contribution in [0.15, 0.2) is 17.3 Å². The number of sulfonamides is 1. The topological polar surface area (TPSA) is 90.3 Å². The molecular formula is C9H15N3O4S. The molecule has 1 aromatic heterocycles. The maximum absolute atomic E-state index is 11.6. The van der Waals surface area contributed by atoms with Crippen molar-refractivity contribution in [3.8, 4) is 0 Å². The van der Waals surface area contributed by atoms with Crippen LogP contribution < -0.4 is 4.72 Å². The maximum Gasteiger partial charge on any atom is 0.435 e. The number of nitrogens with zero attached hydrogens (tertiary/aromatic N) is 2. The first-order valence-electron chi connectivity index (χ1n) is 4.87. The Labute approximate surface area is 99.8 Å². The molecule has 96 valence electrons. The van der Waals surface area contributed by atoms with Gasteiger partial charge in [0.25, 0.3) is 0 Å². The molecule has 0 aromatic carbocycles. The van der Waals surface area contributed by atoms with Crippen LogP contribution >= 0.6 is 0 Å². The summed E-state index contributed by atoms with van der Waals surface area (Å²) in [6, 6.07) is 0. The molecule has 0 saturated carbocycles. The average Bonchev–Trinajstić information content (AvgIpc) is 2.64. The minimum absolute atomic E-state index is 0.0918. The molecule has 1 heterocycles. The smallest absolute Gasteiger partial charge is 0.435 e. The lowest BCUT2D eigenvalue weighted by atomic mass is 10.2. The maximum atomic E-state index is 11.6. The number of ether oxygens (including phenoxy) is 1. The van der Waals surface area contributed by atoms with Crippen LogP contribution in [0.25, 0.3) is 0 Å². The molecule has 0 fully saturated rings. The van der Waals surface area contributed by atoms with E-state index in [1.54, 1.807) is 20.8 Å². The molecule has 0 unspecified atom stereocenters. The Morgan fingerprint density at radius 1 is 1.47 bits per heavy atom. The second-order valence-corrected chi connectivity index (χ2v) is 6.20. The van der Waals surface area contributed by atoms with E-state index in [9.17, 15) is 13.2 Å². The van der Waals surface area contributed by atoms with Crippen LogP contribution in [-0.2, 0) is 14.8 Å². The van der Waals surface area contributed by atoms with E-state index < -0.39 is 21.7 Å². The third-order valence-corrected chi connectivity index (χ3v) is 3.09. The molecule has 7 nitrogen and oxygen atoms in total. The summed E-state index contributed by atoms with van der Waals surface area (Å²) in [4.78, 5) is 11.5. The lowest BCUT2D eigenvalue weighted by molar-refractivity contribution is 0.0514. The minimum Gasteiger partial charge on any atom is -0.442 e. The van der Waals surface area contributed by atoms with Gasteiger partial charge in [0.2, 0.25) is 10.0 Å². The lowest BCUT2D eigenvalue weighted by Crippen LogP contribution is -2.27. The van der Waals surface area contributed by atoms with Gasteiger partial charge in [0.1, 0.15) is 10.5 Å². The monoisotopic (exact) mass is 261 g/mol. The van der Waals surface area contributed by atoms with Crippen molar-refractivity contribution in [2.24, 2.45) is 0 Å². The molecule has 8 heteroatoms. The van der Waals surface area contributed by atoms with E-state index in [1.165, 1.54) is 7.05 Å². The quantitative estimate of drug-likeness (QED) is 0.840. The number of carbonyl (C=O) groups is 1. The molecule has 0 spiro atoms. The molecule has 1 aromatic rings. The third kappa shape index (κ3) is 3.53. The van der Waals surface area contributed by atoms with Gasteiger partial charge in [0, 0.05) is 0 Å². The van der Waals surface area contributed by atoms with Gasteiger partial charge in [-0.2, -0.15) is 9.78 Å². The van der Waals surface area contributed by atoms with Crippen LogP contribution in [0, 0.1) is 0 Å². The number of nitrogens with one attached hydrogen (secondary N) is 1. The lowest BCUT2D eigenvalue weighted by Gasteiger charge is -2.18. The first-order valence-corrected chi connectivity index (χ1v) is 6.35. The fourth-order valence-corrected chi connectivity index (χ4v) is 1.63. The number of carbonyl (C=O) groups excluding carboxylic acids is 1. The Morgan fingerprint density at radius 3 is 2.53 bits per heavy atom. The van der Waals surface area contributed by atoms with Crippen molar-refractivity contribution >= 4 is 16.1 Å². The van der Waals surface area contributed by atoms with Gasteiger partial charge < -0.3 is 4.74 Å². The van der Waals surface area contributed by atoms with E-state index in [1.807, 2.05) is 0 Å². The van der Waals surface area contributed by atoms with E-state index in [2.05, 4.69) is 9.82 Å². The molecule has 0 aliphatic carbocycles. The van der Waals surface area contributed by atoms with Crippen molar-refractivity contribution < 1.29 is 17.9 Å². The summed E-state index contributed by atoms with van der Waals surface area (Å²) < 4.78 is 30.8. The molecule has 1 N–H and O–H groups in total. The predicted molar refractivity (Wildman–Crippen MR) is 60.1 cm³/mol. The van der Waals surface area contributed by atoms with Crippen LogP contribution in [0.3, 0.4) is 0 Å². The zero-order valence-electron chi connectivity index (χ0n) is 10.1. The molecule has 0 amide bonds. The van der Waals surface area contributed by atoms with E-state index in [0.29, 0.717) is 0 Å². The Hall–Kier alpha value is -1.41. The highest BCUT2D eigenvalue weighted by Gasteiger charge is 2.21. The number of rotatable bonds is 2. The standard InChI is InChI=1S/C9H15N3O4S/c1-9(2,3)16-8(13)12-6-7(5-11-12)17(14,15)10-4/h5-6,10H,1-4H3. The van der Waals surface area contributed by atoms with Crippen molar-refractivity contribution in [2.75, 3.05) is 7.05 Å². The van der Waals surface area contributed by atoms with Crippen molar-refractivity contribution in [1.82, 2.24) is 14.5 Å². The summed E-state index contributed by atoms with van der Waals surface area (Å²) in [6.45, 7) is 5.12. The summed E-state index contributed by atoms with van der Waals surface area (Å²) in [5, 5.41) is 3.64. The van der Waals surface area contributed by atoms with Crippen molar-refractivity contribution in [2.45, 2.75) is 31.3 Å². The van der Waals surface area contributed by atoms with Crippen LogP contribution in [-0.4, -0.2) is 36.9 Å². The van der Waals surface area contributed by atoms with Gasteiger partial charge >= 0.3 is 6.09 Å². The van der Waals surface area contributed by atoms with Gasteiger partial charge in [-0.05, 0) is 27.8 Å². The summed E-state index contributed by atoms with van der Waals surface area (Å²) in [5.41, 5.74) is -0.662. The summed E-state index contributed by atoms with van der Waals surface area (Å²) in [7, 11) is -2.32. The molecule has 0 aliphatic heterocycles. The SMILES string of the molecule is CNS(=O)(=O)c1cnn(C(=O)OC(C)(C)C)c1. The van der Waals surface area contributed by atoms with E-state index in [0.717, 1.165) is 17.1 Å². The molecule has 17 heavy (non-hydrogen) atoms. The number of hydrogen-bond acceptors (Lipinski definition) is 5. The van der Waals surface area contributed by atoms with E-state index >= 15 is 0 Å². The highest BCUT2D eigenvalue weighted by molar-refractivity contribution is 7.89. The first kappa shape index (κ1) is 13.7. The van der Waals surface area contributed by atoms with Gasteiger partial charge in [0.05, 0.1) is 12.4 Å². The van der Waals surface area contributed by atoms with Gasteiger partial charge in [-0.3, -0.25) is 0 Å². The summed E-state index contributed by atoms with van der Waals surface area (Å²) >= 11 is 0. The normalized spacial score (nSPS) is 12.5. The molecule has 0 saturated heterocycles. The van der Waals surface area contributed by atoms with Crippen LogP contribution in [0.1, 0.15) is 20.8 Å². The fraction of sp³-hybridized carbons (Fsp3) is 0.556. The van der Waals surface area contributed by atoms with Crippen LogP contribution in [0.4, 0.5) is 4.79 Å². The van der Waals surface area contributed by atoms with Gasteiger partial charge in [0.15, 0.2) is 0 Å². The molecule has 1 rings (SSSR count). The van der Waals surface area contributed by atoms with Gasteiger partial charge in [-0.1, -0.05) is 0 Å². The van der Waals surface area contributed by atoms with Crippen molar-refractivity contribution in [3.63, 3.8) is 0 Å². The molecule has 0 radical (unpaired) electrons. The summed E-state index contributed by atoms with van der Waals surface area (Å²) in [5.74, 6) is 0. The van der Waals surface area contributed by atoms with Crippen LogP contribution in [0.5, 0.6) is 0 Å². The largest absolute Gasteiger partial charge is 0.442 e. The Kier molecular flexibility index (Phi) is 3.58. The number of aromatic nitrogens is 2. The third-order valence-electron chi connectivity index (χ3n) is 1.72. The Morgan fingerprint density at radius 2 is 2.06 bits per heavy atom.